The van der Waals surface area contributed by atoms with Crippen molar-refractivity contribution in [1.82, 2.24) is 14.8 Å². The number of hydrogen-bond donors (Lipinski definition) is 0. The normalized spacial score (nSPS) is 21.2. The summed E-state index contributed by atoms with van der Waals surface area (Å²) in [7, 11) is 0. The third kappa shape index (κ3) is 4.17. The fraction of sp³-hybridized carbons (Fsp3) is 0.519. The number of aromatic nitrogens is 1. The van der Waals surface area contributed by atoms with Gasteiger partial charge in [0.05, 0.1) is 12.1 Å². The number of piperazine rings is 1. The Morgan fingerprint density at radius 1 is 1.13 bits per heavy atom. The van der Waals surface area contributed by atoms with E-state index in [1.165, 1.54) is 47.0 Å². The van der Waals surface area contributed by atoms with Crippen LogP contribution in [0.2, 0.25) is 0 Å². The zero-order valence-corrected chi connectivity index (χ0v) is 19.7. The van der Waals surface area contributed by atoms with Gasteiger partial charge >= 0.3 is 0 Å². The number of benzene rings is 1. The summed E-state index contributed by atoms with van der Waals surface area (Å²) in [6.07, 6.45) is 5.82. The lowest BCUT2D eigenvalue weighted by molar-refractivity contribution is 0.0233. The van der Waals surface area contributed by atoms with Crippen molar-refractivity contribution in [2.24, 2.45) is 0 Å². The Morgan fingerprint density at radius 2 is 1.84 bits per heavy atom. The standard InChI is InChI=1S/C27H37N3O/c1-7-14-31-22(6)30-18(2)16-29(17-19(30)3)21(5)23-12-13-25-20(4)24-10-8-9-11-26(24)28-27(25)15-23/h12-13,15,18-19H,5-11,14,16-17H2,1-4H3. The van der Waals surface area contributed by atoms with Gasteiger partial charge in [-0.05, 0) is 82.2 Å². The molecule has 1 saturated heterocycles. The third-order valence-electron chi connectivity index (χ3n) is 6.94. The van der Waals surface area contributed by atoms with Gasteiger partial charge in [0.25, 0.3) is 0 Å². The van der Waals surface area contributed by atoms with Gasteiger partial charge in [0, 0.05) is 42.0 Å². The predicted octanol–water partition coefficient (Wildman–Crippen LogP) is 5.69. The maximum Gasteiger partial charge on any atom is 0.182 e. The van der Waals surface area contributed by atoms with Crippen molar-refractivity contribution in [2.45, 2.75) is 71.9 Å². The molecule has 2 unspecified atom stereocenters. The molecule has 2 atom stereocenters. The van der Waals surface area contributed by atoms with Crippen molar-refractivity contribution in [2.75, 3.05) is 19.7 Å². The van der Waals surface area contributed by atoms with Crippen molar-refractivity contribution in [3.05, 3.63) is 59.6 Å². The maximum absolute atomic E-state index is 5.84. The number of fused-ring (bicyclic) bond motifs is 2. The van der Waals surface area contributed by atoms with Crippen molar-refractivity contribution in [1.29, 1.82) is 0 Å². The summed E-state index contributed by atoms with van der Waals surface area (Å²) in [4.78, 5) is 9.79. The Morgan fingerprint density at radius 3 is 2.55 bits per heavy atom. The summed E-state index contributed by atoms with van der Waals surface area (Å²) < 4.78 is 5.84. The number of hydrogen-bond acceptors (Lipinski definition) is 4. The molecule has 0 spiro atoms. The highest BCUT2D eigenvalue weighted by atomic mass is 16.5. The van der Waals surface area contributed by atoms with Gasteiger partial charge in [-0.1, -0.05) is 25.6 Å². The minimum atomic E-state index is 0.317. The van der Waals surface area contributed by atoms with Crippen LogP contribution in [-0.2, 0) is 17.6 Å². The lowest BCUT2D eigenvalue weighted by Gasteiger charge is -2.47. The number of nitrogens with zero attached hydrogens (tertiary/aromatic N) is 3. The molecule has 1 aromatic carbocycles. The molecule has 4 nitrogen and oxygen atoms in total. The number of pyridine rings is 1. The molecule has 4 rings (SSSR count). The van der Waals surface area contributed by atoms with E-state index in [9.17, 15) is 0 Å². The third-order valence-corrected chi connectivity index (χ3v) is 6.94. The van der Waals surface area contributed by atoms with Gasteiger partial charge in [0.1, 0.15) is 0 Å². The molecule has 2 heterocycles. The second-order valence-corrected chi connectivity index (χ2v) is 9.30. The van der Waals surface area contributed by atoms with E-state index >= 15 is 0 Å². The molecule has 1 fully saturated rings. The fourth-order valence-electron chi connectivity index (χ4n) is 5.36. The van der Waals surface area contributed by atoms with Crippen LogP contribution in [0.5, 0.6) is 0 Å². The number of ether oxygens (including phenoxy) is 1. The minimum absolute atomic E-state index is 0.317. The zero-order valence-electron chi connectivity index (χ0n) is 19.7. The maximum atomic E-state index is 5.84. The van der Waals surface area contributed by atoms with E-state index in [0.717, 1.165) is 49.6 Å². The van der Waals surface area contributed by atoms with E-state index in [-0.39, 0.29) is 0 Å². The SMILES string of the molecule is C=C(c1ccc2c(C)c3c(nc2c1)CCCC3)N1CC(C)N(C(=C)OCCC)C(C)C1. The Labute approximate surface area is 187 Å². The second kappa shape index (κ2) is 8.94. The van der Waals surface area contributed by atoms with Crippen LogP contribution in [0.25, 0.3) is 16.6 Å². The molecular weight excluding hydrogens is 382 g/mol. The van der Waals surface area contributed by atoms with Gasteiger partial charge in [0.2, 0.25) is 0 Å². The van der Waals surface area contributed by atoms with Crippen LogP contribution in [0, 0.1) is 6.92 Å². The van der Waals surface area contributed by atoms with Gasteiger partial charge < -0.3 is 14.5 Å². The van der Waals surface area contributed by atoms with Crippen LogP contribution in [0.4, 0.5) is 0 Å². The fourth-order valence-corrected chi connectivity index (χ4v) is 5.36. The molecule has 0 amide bonds. The van der Waals surface area contributed by atoms with Crippen molar-refractivity contribution in [3.8, 4) is 0 Å². The molecule has 0 bridgehead atoms. The summed E-state index contributed by atoms with van der Waals surface area (Å²) in [5, 5.41) is 1.29. The van der Waals surface area contributed by atoms with Crippen LogP contribution in [0.3, 0.4) is 0 Å². The predicted molar refractivity (Wildman–Crippen MR) is 130 cm³/mol. The number of rotatable bonds is 6. The lowest BCUT2D eigenvalue weighted by atomic mass is 9.90. The van der Waals surface area contributed by atoms with Crippen LogP contribution in [0.15, 0.2) is 37.2 Å². The smallest absolute Gasteiger partial charge is 0.182 e. The molecule has 166 valence electrons. The van der Waals surface area contributed by atoms with Crippen molar-refractivity contribution >= 4 is 16.6 Å². The van der Waals surface area contributed by atoms with Crippen molar-refractivity contribution in [3.63, 3.8) is 0 Å². The first-order valence-corrected chi connectivity index (χ1v) is 11.9. The van der Waals surface area contributed by atoms with E-state index in [1.54, 1.807) is 0 Å². The molecule has 0 saturated carbocycles. The Bertz CT molecular complexity index is 984. The second-order valence-electron chi connectivity index (χ2n) is 9.30. The van der Waals surface area contributed by atoms with Gasteiger partial charge in [-0.2, -0.15) is 0 Å². The van der Waals surface area contributed by atoms with Gasteiger partial charge in [-0.25, -0.2) is 0 Å². The van der Waals surface area contributed by atoms with Crippen LogP contribution in [-0.4, -0.2) is 46.6 Å². The van der Waals surface area contributed by atoms with E-state index in [0.29, 0.717) is 12.1 Å². The topological polar surface area (TPSA) is 28.6 Å². The van der Waals surface area contributed by atoms with Crippen LogP contribution < -0.4 is 0 Å². The highest BCUT2D eigenvalue weighted by Gasteiger charge is 2.32. The molecule has 2 aliphatic rings. The number of aryl methyl sites for hydroxylation is 2. The van der Waals surface area contributed by atoms with Crippen LogP contribution >= 0.6 is 0 Å². The summed E-state index contributed by atoms with van der Waals surface area (Å²) in [6.45, 7) is 20.1. The van der Waals surface area contributed by atoms with Crippen LogP contribution in [0.1, 0.15) is 62.4 Å². The molecule has 1 aliphatic carbocycles. The van der Waals surface area contributed by atoms with Gasteiger partial charge in [0.15, 0.2) is 5.88 Å². The highest BCUT2D eigenvalue weighted by Crippen LogP contribution is 2.32. The van der Waals surface area contributed by atoms with E-state index < -0.39 is 0 Å². The highest BCUT2D eigenvalue weighted by molar-refractivity contribution is 5.86. The molecule has 0 N–H and O–H groups in total. The lowest BCUT2D eigenvalue weighted by Crippen LogP contribution is -2.55. The monoisotopic (exact) mass is 419 g/mol. The molecular formula is C27H37N3O. The Balaban J connectivity index is 1.55. The van der Waals surface area contributed by atoms with E-state index in [4.69, 9.17) is 9.72 Å². The first-order valence-electron chi connectivity index (χ1n) is 11.9. The quantitative estimate of drug-likeness (QED) is 0.563. The molecule has 4 heteroatoms. The summed E-state index contributed by atoms with van der Waals surface area (Å²) in [5.74, 6) is 0.794. The van der Waals surface area contributed by atoms with E-state index in [2.05, 4.69) is 68.9 Å². The first-order chi connectivity index (χ1) is 14.9. The Hall–Kier alpha value is -2.49. The van der Waals surface area contributed by atoms with E-state index in [1.807, 2.05) is 0 Å². The van der Waals surface area contributed by atoms with Gasteiger partial charge in [-0.3, -0.25) is 4.98 Å². The largest absolute Gasteiger partial charge is 0.479 e. The van der Waals surface area contributed by atoms with Gasteiger partial charge in [-0.15, -0.1) is 0 Å². The summed E-state index contributed by atoms with van der Waals surface area (Å²) >= 11 is 0. The summed E-state index contributed by atoms with van der Waals surface area (Å²) in [5.41, 5.74) is 7.56. The molecule has 2 aromatic rings. The average molecular weight is 420 g/mol. The first kappa shape index (κ1) is 21.7. The minimum Gasteiger partial charge on any atom is -0.479 e. The molecule has 1 aliphatic heterocycles. The molecule has 0 radical (unpaired) electrons. The van der Waals surface area contributed by atoms with Crippen molar-refractivity contribution < 1.29 is 4.74 Å². The molecule has 31 heavy (non-hydrogen) atoms. The molecule has 1 aromatic heterocycles. The average Bonchev–Trinajstić information content (AvgIpc) is 2.76. The zero-order chi connectivity index (χ0) is 22.1. The summed E-state index contributed by atoms with van der Waals surface area (Å²) in [6, 6.07) is 7.34. The Kier molecular flexibility index (Phi) is 6.27.